The van der Waals surface area contributed by atoms with E-state index < -0.39 is 0 Å². The van der Waals surface area contributed by atoms with Crippen LogP contribution in [0.3, 0.4) is 0 Å². The Hall–Kier alpha value is -3.16. The van der Waals surface area contributed by atoms with Crippen molar-refractivity contribution in [1.82, 2.24) is 14.6 Å². The topological polar surface area (TPSA) is 107 Å². The van der Waals surface area contributed by atoms with Crippen LogP contribution in [-0.2, 0) is 11.4 Å². The average molecular weight is 303 g/mol. The molecule has 0 saturated heterocycles. The van der Waals surface area contributed by atoms with Crippen molar-refractivity contribution in [1.29, 1.82) is 0 Å². The van der Waals surface area contributed by atoms with Crippen molar-refractivity contribution < 1.29 is 19.1 Å². The van der Waals surface area contributed by atoms with Crippen LogP contribution in [0.4, 0.5) is 0 Å². The normalized spacial score (nSPS) is 9.86. The molecule has 0 aliphatic heterocycles. The van der Waals surface area contributed by atoms with Gasteiger partial charge in [-0.15, -0.1) is 0 Å². The first-order valence-corrected chi connectivity index (χ1v) is 6.23. The number of pyridine rings is 1. The lowest BCUT2D eigenvalue weighted by Gasteiger charge is -2.06. The summed E-state index contributed by atoms with van der Waals surface area (Å²) in [5.74, 6) is 0.735. The maximum Gasteiger partial charge on any atom is 0.290 e. The zero-order chi connectivity index (χ0) is 15.9. The van der Waals surface area contributed by atoms with Gasteiger partial charge in [0.15, 0.2) is 5.65 Å². The summed E-state index contributed by atoms with van der Waals surface area (Å²) < 4.78 is 12.3. The van der Waals surface area contributed by atoms with E-state index in [-0.39, 0.29) is 24.3 Å². The predicted molar refractivity (Wildman–Crippen MR) is 75.7 cm³/mol. The average Bonchev–Trinajstić information content (AvgIpc) is 2.96. The molecule has 114 valence electrons. The van der Waals surface area contributed by atoms with Gasteiger partial charge in [-0.1, -0.05) is 6.07 Å². The van der Waals surface area contributed by atoms with Gasteiger partial charge >= 0.3 is 0 Å². The molecule has 3 aromatic heterocycles. The minimum atomic E-state index is -0.250. The number of hydrogen-bond donors (Lipinski definition) is 1. The van der Waals surface area contributed by atoms with Crippen LogP contribution in [0.15, 0.2) is 46.1 Å². The van der Waals surface area contributed by atoms with Crippen LogP contribution >= 0.6 is 0 Å². The molecule has 0 amide bonds. The van der Waals surface area contributed by atoms with Gasteiger partial charge in [-0.3, -0.25) is 9.59 Å². The van der Waals surface area contributed by atoms with Gasteiger partial charge in [-0.25, -0.2) is 9.50 Å². The first kappa shape index (κ1) is 15.2. The number of carboxylic acid groups (broad SMARTS) is 1. The number of ether oxygens (including phenoxy) is 1. The van der Waals surface area contributed by atoms with Crippen molar-refractivity contribution in [2.45, 2.75) is 13.5 Å². The van der Waals surface area contributed by atoms with E-state index in [1.54, 1.807) is 11.4 Å². The third-order valence-corrected chi connectivity index (χ3v) is 2.68. The summed E-state index contributed by atoms with van der Waals surface area (Å²) in [5, 5.41) is 11.0. The number of carbonyl (C=O) groups is 1. The van der Waals surface area contributed by atoms with Crippen molar-refractivity contribution in [3.05, 3.63) is 58.5 Å². The third-order valence-electron chi connectivity index (χ3n) is 2.68. The minimum absolute atomic E-state index is 0.183. The van der Waals surface area contributed by atoms with Gasteiger partial charge in [-0.2, -0.15) is 5.10 Å². The van der Waals surface area contributed by atoms with E-state index in [0.29, 0.717) is 5.76 Å². The van der Waals surface area contributed by atoms with E-state index in [9.17, 15) is 4.79 Å². The Kier molecular flexibility index (Phi) is 4.86. The lowest BCUT2D eigenvalue weighted by molar-refractivity contribution is -0.122. The molecule has 0 aliphatic carbocycles. The van der Waals surface area contributed by atoms with Crippen LogP contribution < -0.4 is 10.2 Å². The molecule has 0 aromatic carbocycles. The van der Waals surface area contributed by atoms with Gasteiger partial charge in [0.05, 0.1) is 5.69 Å². The molecule has 1 N–H and O–H groups in total. The largest absolute Gasteiger partial charge is 0.483 e. The lowest BCUT2D eigenvalue weighted by atomic mass is 10.3. The van der Waals surface area contributed by atoms with E-state index in [4.69, 9.17) is 19.1 Å². The molecule has 0 bridgehead atoms. The number of nitrogens with zero attached hydrogens (tertiary/aromatic N) is 3. The lowest BCUT2D eigenvalue weighted by Crippen LogP contribution is -2.09. The summed E-state index contributed by atoms with van der Waals surface area (Å²) in [7, 11) is 0. The SMILES string of the molecule is Cc1cc(=O)c(OCc2cccc3ncnn23)co1.O=CO. The molecule has 22 heavy (non-hydrogen) atoms. The zero-order valence-corrected chi connectivity index (χ0v) is 11.7. The summed E-state index contributed by atoms with van der Waals surface area (Å²) in [5.41, 5.74) is 1.33. The summed E-state index contributed by atoms with van der Waals surface area (Å²) >= 11 is 0. The Balaban J connectivity index is 0.000000545. The predicted octanol–water partition coefficient (Wildman–Crippen LogP) is 1.27. The highest BCUT2D eigenvalue weighted by molar-refractivity contribution is 5.37. The van der Waals surface area contributed by atoms with Gasteiger partial charge in [0, 0.05) is 6.07 Å². The molecule has 3 aromatic rings. The van der Waals surface area contributed by atoms with Crippen LogP contribution in [0, 0.1) is 6.92 Å². The summed E-state index contributed by atoms with van der Waals surface area (Å²) in [6, 6.07) is 6.96. The molecular formula is C14H13N3O5. The Morgan fingerprint density at radius 1 is 1.45 bits per heavy atom. The Labute approximate surface area is 124 Å². The second-order valence-corrected chi connectivity index (χ2v) is 4.16. The van der Waals surface area contributed by atoms with E-state index in [2.05, 4.69) is 10.1 Å². The van der Waals surface area contributed by atoms with E-state index >= 15 is 0 Å². The van der Waals surface area contributed by atoms with E-state index in [0.717, 1.165) is 11.3 Å². The quantitative estimate of drug-likeness (QED) is 0.726. The Morgan fingerprint density at radius 3 is 2.95 bits per heavy atom. The monoisotopic (exact) mass is 303 g/mol. The third kappa shape index (κ3) is 3.48. The first-order chi connectivity index (χ1) is 10.7. The molecule has 0 aliphatic rings. The molecule has 0 spiro atoms. The maximum absolute atomic E-state index is 11.7. The van der Waals surface area contributed by atoms with Crippen LogP contribution in [0.25, 0.3) is 5.65 Å². The molecule has 0 saturated carbocycles. The Morgan fingerprint density at radius 2 is 2.23 bits per heavy atom. The highest BCUT2D eigenvalue weighted by Crippen LogP contribution is 2.09. The van der Waals surface area contributed by atoms with Crippen molar-refractivity contribution >= 4 is 12.1 Å². The standard InChI is InChI=1S/C13H11N3O3.CH2O2/c1-9-5-11(17)12(7-18-9)19-6-10-3-2-4-13-14-8-15-16(10)13;2-1-3/h2-5,7-8H,6H2,1H3;1H,(H,2,3). The molecule has 0 radical (unpaired) electrons. The van der Waals surface area contributed by atoms with Crippen LogP contribution in [-0.4, -0.2) is 26.2 Å². The Bertz CT molecular complexity index is 824. The molecular weight excluding hydrogens is 290 g/mol. The second-order valence-electron chi connectivity index (χ2n) is 4.16. The van der Waals surface area contributed by atoms with Gasteiger partial charge in [0.25, 0.3) is 6.47 Å². The summed E-state index contributed by atoms with van der Waals surface area (Å²) in [4.78, 5) is 24.1. The van der Waals surface area contributed by atoms with Crippen molar-refractivity contribution in [3.63, 3.8) is 0 Å². The van der Waals surface area contributed by atoms with Crippen molar-refractivity contribution in [2.75, 3.05) is 0 Å². The number of rotatable bonds is 3. The highest BCUT2D eigenvalue weighted by atomic mass is 16.5. The van der Waals surface area contributed by atoms with Gasteiger partial charge in [0.2, 0.25) is 11.2 Å². The summed E-state index contributed by atoms with van der Waals surface area (Å²) in [6.45, 7) is 1.68. The number of fused-ring (bicyclic) bond motifs is 1. The minimum Gasteiger partial charge on any atom is -0.483 e. The van der Waals surface area contributed by atoms with E-state index in [1.807, 2.05) is 18.2 Å². The smallest absolute Gasteiger partial charge is 0.290 e. The molecule has 3 rings (SSSR count). The molecule has 8 nitrogen and oxygen atoms in total. The van der Waals surface area contributed by atoms with Crippen LogP contribution in [0.1, 0.15) is 11.5 Å². The first-order valence-electron chi connectivity index (χ1n) is 6.23. The van der Waals surface area contributed by atoms with Crippen LogP contribution in [0.2, 0.25) is 0 Å². The van der Waals surface area contributed by atoms with Gasteiger partial charge in [0.1, 0.15) is 25.0 Å². The van der Waals surface area contributed by atoms with E-state index in [1.165, 1.54) is 18.7 Å². The molecule has 8 heteroatoms. The second kappa shape index (κ2) is 7.02. The van der Waals surface area contributed by atoms with Gasteiger partial charge in [-0.05, 0) is 19.1 Å². The maximum atomic E-state index is 11.7. The fourth-order valence-electron chi connectivity index (χ4n) is 1.76. The molecule has 3 heterocycles. The fraction of sp³-hybridized carbons (Fsp3) is 0.143. The number of aryl methyl sites for hydroxylation is 1. The molecule has 0 unspecified atom stereocenters. The zero-order valence-electron chi connectivity index (χ0n) is 11.7. The van der Waals surface area contributed by atoms with Crippen molar-refractivity contribution in [2.24, 2.45) is 0 Å². The summed E-state index contributed by atoms with van der Waals surface area (Å²) in [6.07, 6.45) is 2.79. The molecule has 0 atom stereocenters. The fourth-order valence-corrected chi connectivity index (χ4v) is 1.76. The highest BCUT2D eigenvalue weighted by Gasteiger charge is 2.06. The number of aromatic nitrogens is 3. The van der Waals surface area contributed by atoms with Crippen molar-refractivity contribution in [3.8, 4) is 5.75 Å². The number of hydrogen-bond acceptors (Lipinski definition) is 6. The van der Waals surface area contributed by atoms with Gasteiger partial charge < -0.3 is 14.3 Å². The molecule has 0 fully saturated rings. The van der Waals surface area contributed by atoms with Crippen LogP contribution in [0.5, 0.6) is 5.75 Å².